The van der Waals surface area contributed by atoms with Gasteiger partial charge in [0.25, 0.3) is 5.91 Å². The summed E-state index contributed by atoms with van der Waals surface area (Å²) in [6.45, 7) is 1.87. The molecule has 0 aromatic heterocycles. The zero-order valence-electron chi connectivity index (χ0n) is 12.1. The normalized spacial score (nSPS) is 10.1. The molecule has 0 aliphatic carbocycles. The van der Waals surface area contributed by atoms with Crippen LogP contribution in [-0.2, 0) is 0 Å². The lowest BCUT2D eigenvalue weighted by atomic mass is 10.1. The van der Waals surface area contributed by atoms with Crippen molar-refractivity contribution in [2.75, 3.05) is 19.5 Å². The molecule has 0 aliphatic rings. The van der Waals surface area contributed by atoms with E-state index in [1.54, 1.807) is 50.6 Å². The van der Waals surface area contributed by atoms with Gasteiger partial charge in [0, 0.05) is 21.8 Å². The van der Waals surface area contributed by atoms with Crippen molar-refractivity contribution in [3.8, 4) is 11.5 Å². The Kier molecular flexibility index (Phi) is 4.70. The van der Waals surface area contributed by atoms with Gasteiger partial charge in [0.1, 0.15) is 11.5 Å². The first-order chi connectivity index (χ1) is 10.0. The Morgan fingerprint density at radius 3 is 2.05 bits per heavy atom. The Morgan fingerprint density at radius 1 is 1.05 bits per heavy atom. The lowest BCUT2D eigenvalue weighted by Gasteiger charge is -2.12. The summed E-state index contributed by atoms with van der Waals surface area (Å²) in [5.74, 6) is 0.972. The third kappa shape index (κ3) is 3.47. The molecule has 0 fully saturated rings. The van der Waals surface area contributed by atoms with Crippen molar-refractivity contribution in [1.82, 2.24) is 0 Å². The molecule has 0 unspecified atom stereocenters. The highest BCUT2D eigenvalue weighted by Gasteiger charge is 2.13. The Morgan fingerprint density at radius 2 is 1.57 bits per heavy atom. The van der Waals surface area contributed by atoms with Gasteiger partial charge in [-0.15, -0.1) is 0 Å². The number of rotatable bonds is 4. The van der Waals surface area contributed by atoms with Crippen LogP contribution in [0.3, 0.4) is 0 Å². The Hall–Kier alpha value is -2.20. The molecule has 0 spiro atoms. The molecule has 1 N–H and O–H groups in total. The second-order valence-corrected chi connectivity index (χ2v) is 4.90. The molecule has 0 heterocycles. The molecule has 0 bridgehead atoms. The number of halogens is 1. The molecule has 2 aromatic carbocycles. The Bertz CT molecular complexity index is 628. The Labute approximate surface area is 128 Å². The summed E-state index contributed by atoms with van der Waals surface area (Å²) in [5.41, 5.74) is 1.98. The average Bonchev–Trinajstić information content (AvgIpc) is 2.49. The van der Waals surface area contributed by atoms with Crippen molar-refractivity contribution in [3.05, 3.63) is 52.5 Å². The quantitative estimate of drug-likeness (QED) is 0.931. The number of carbonyl (C=O) groups excluding carboxylic acids is 1. The van der Waals surface area contributed by atoms with Crippen molar-refractivity contribution in [1.29, 1.82) is 0 Å². The lowest BCUT2D eigenvalue weighted by Crippen LogP contribution is -2.12. The fourth-order valence-corrected chi connectivity index (χ4v) is 2.08. The summed E-state index contributed by atoms with van der Waals surface area (Å²) >= 11 is 5.82. The van der Waals surface area contributed by atoms with E-state index in [0.717, 1.165) is 5.56 Å². The van der Waals surface area contributed by atoms with Gasteiger partial charge in [-0.3, -0.25) is 4.79 Å². The van der Waals surface area contributed by atoms with Crippen LogP contribution in [0.2, 0.25) is 5.02 Å². The van der Waals surface area contributed by atoms with Gasteiger partial charge in [-0.1, -0.05) is 11.6 Å². The number of methoxy groups -OCH3 is 2. The minimum atomic E-state index is -0.242. The van der Waals surface area contributed by atoms with Crippen molar-refractivity contribution >= 4 is 23.2 Å². The van der Waals surface area contributed by atoms with E-state index in [2.05, 4.69) is 5.32 Å². The first-order valence-corrected chi connectivity index (χ1v) is 6.72. The highest BCUT2D eigenvalue weighted by atomic mass is 35.5. The maximum atomic E-state index is 12.3. The van der Waals surface area contributed by atoms with Gasteiger partial charge < -0.3 is 14.8 Å². The first kappa shape index (κ1) is 15.2. The standard InChI is InChI=1S/C16H16ClNO3/c1-10-14(20-2)8-11(9-15(10)21-3)16(19)18-13-6-4-12(17)5-7-13/h4-9H,1-3H3,(H,18,19). The maximum Gasteiger partial charge on any atom is 0.255 e. The van der Waals surface area contributed by atoms with Crippen LogP contribution >= 0.6 is 11.6 Å². The predicted octanol–water partition coefficient (Wildman–Crippen LogP) is 3.92. The predicted molar refractivity (Wildman–Crippen MR) is 83.7 cm³/mol. The summed E-state index contributed by atoms with van der Waals surface area (Å²) in [5, 5.41) is 3.42. The summed E-state index contributed by atoms with van der Waals surface area (Å²) in [7, 11) is 3.12. The molecule has 0 aliphatic heterocycles. The van der Waals surface area contributed by atoms with Crippen LogP contribution in [0.5, 0.6) is 11.5 Å². The second-order valence-electron chi connectivity index (χ2n) is 4.47. The van der Waals surface area contributed by atoms with E-state index in [0.29, 0.717) is 27.8 Å². The minimum absolute atomic E-state index is 0.242. The lowest BCUT2D eigenvalue weighted by molar-refractivity contribution is 0.102. The topological polar surface area (TPSA) is 47.6 Å². The molecule has 4 nitrogen and oxygen atoms in total. The van der Waals surface area contributed by atoms with Gasteiger partial charge in [0.05, 0.1) is 14.2 Å². The van der Waals surface area contributed by atoms with Crippen LogP contribution in [0.15, 0.2) is 36.4 Å². The van der Waals surface area contributed by atoms with E-state index in [-0.39, 0.29) is 5.91 Å². The van der Waals surface area contributed by atoms with Gasteiger partial charge in [0.15, 0.2) is 0 Å². The largest absolute Gasteiger partial charge is 0.496 e. The van der Waals surface area contributed by atoms with Crippen molar-refractivity contribution in [2.45, 2.75) is 6.92 Å². The van der Waals surface area contributed by atoms with Crippen molar-refractivity contribution in [3.63, 3.8) is 0 Å². The van der Waals surface area contributed by atoms with Crippen molar-refractivity contribution in [2.24, 2.45) is 0 Å². The third-order valence-electron chi connectivity index (χ3n) is 3.12. The molecule has 5 heteroatoms. The van der Waals surface area contributed by atoms with Crippen LogP contribution in [0.25, 0.3) is 0 Å². The van der Waals surface area contributed by atoms with Crippen LogP contribution in [0.4, 0.5) is 5.69 Å². The summed E-state index contributed by atoms with van der Waals surface area (Å²) in [6.07, 6.45) is 0. The fraction of sp³-hybridized carbons (Fsp3) is 0.188. The van der Waals surface area contributed by atoms with Gasteiger partial charge >= 0.3 is 0 Å². The minimum Gasteiger partial charge on any atom is -0.496 e. The first-order valence-electron chi connectivity index (χ1n) is 6.34. The van der Waals surface area contributed by atoms with Crippen LogP contribution in [-0.4, -0.2) is 20.1 Å². The van der Waals surface area contributed by atoms with Gasteiger partial charge in [-0.2, -0.15) is 0 Å². The molecule has 21 heavy (non-hydrogen) atoms. The van der Waals surface area contributed by atoms with Crippen LogP contribution in [0.1, 0.15) is 15.9 Å². The SMILES string of the molecule is COc1cc(C(=O)Nc2ccc(Cl)cc2)cc(OC)c1C. The molecule has 0 saturated carbocycles. The van der Waals surface area contributed by atoms with Crippen LogP contribution in [0, 0.1) is 6.92 Å². The second kappa shape index (κ2) is 6.50. The molecular formula is C16H16ClNO3. The maximum absolute atomic E-state index is 12.3. The van der Waals surface area contributed by atoms with E-state index >= 15 is 0 Å². The van der Waals surface area contributed by atoms with E-state index in [1.165, 1.54) is 0 Å². The number of anilines is 1. The van der Waals surface area contributed by atoms with E-state index in [4.69, 9.17) is 21.1 Å². The Balaban J connectivity index is 2.28. The van der Waals surface area contributed by atoms with Gasteiger partial charge in [0.2, 0.25) is 0 Å². The molecule has 0 radical (unpaired) electrons. The molecule has 0 saturated heterocycles. The molecule has 1 amide bonds. The van der Waals surface area contributed by atoms with Gasteiger partial charge in [-0.25, -0.2) is 0 Å². The molecule has 110 valence electrons. The van der Waals surface area contributed by atoms with Crippen molar-refractivity contribution < 1.29 is 14.3 Å². The molecule has 2 aromatic rings. The molecule has 2 rings (SSSR count). The summed E-state index contributed by atoms with van der Waals surface area (Å²) in [6, 6.07) is 10.3. The highest BCUT2D eigenvalue weighted by molar-refractivity contribution is 6.30. The fourth-order valence-electron chi connectivity index (χ4n) is 1.95. The van der Waals surface area contributed by atoms with Gasteiger partial charge in [-0.05, 0) is 43.3 Å². The van der Waals surface area contributed by atoms with E-state index < -0.39 is 0 Å². The smallest absolute Gasteiger partial charge is 0.255 e. The summed E-state index contributed by atoms with van der Waals surface area (Å²) in [4.78, 5) is 12.3. The van der Waals surface area contributed by atoms with E-state index in [9.17, 15) is 4.79 Å². The van der Waals surface area contributed by atoms with Crippen LogP contribution < -0.4 is 14.8 Å². The number of hydrogen-bond acceptors (Lipinski definition) is 3. The average molecular weight is 306 g/mol. The number of carbonyl (C=O) groups is 1. The number of benzene rings is 2. The highest BCUT2D eigenvalue weighted by Crippen LogP contribution is 2.29. The number of amides is 1. The molecule has 0 atom stereocenters. The monoisotopic (exact) mass is 305 g/mol. The summed E-state index contributed by atoms with van der Waals surface area (Å²) < 4.78 is 10.5. The zero-order valence-corrected chi connectivity index (χ0v) is 12.8. The number of hydrogen-bond donors (Lipinski definition) is 1. The molecular weight excluding hydrogens is 290 g/mol. The zero-order chi connectivity index (χ0) is 15.4. The van der Waals surface area contributed by atoms with E-state index in [1.807, 2.05) is 6.92 Å². The third-order valence-corrected chi connectivity index (χ3v) is 3.37. The number of ether oxygens (including phenoxy) is 2. The number of nitrogens with one attached hydrogen (secondary N) is 1.